The molecule has 0 fully saturated rings. The number of benzene rings is 1. The van der Waals surface area contributed by atoms with Gasteiger partial charge in [0.2, 0.25) is 6.08 Å². The monoisotopic (exact) mass is 239 g/mol. The highest BCUT2D eigenvalue weighted by atomic mass is 79.9. The van der Waals surface area contributed by atoms with E-state index in [2.05, 4.69) is 20.9 Å². The maximum Gasteiger partial charge on any atom is 0.287 e. The Kier molecular flexibility index (Phi) is 3.12. The summed E-state index contributed by atoms with van der Waals surface area (Å²) in [6.45, 7) is 1.90. The predicted octanol–water partition coefficient (Wildman–Crippen LogP) is 2.23. The molecule has 1 aromatic carbocycles. The molecule has 0 N–H and O–H groups in total. The van der Waals surface area contributed by atoms with Crippen LogP contribution in [0.25, 0.3) is 0 Å². The molecule has 66 valence electrons. The number of rotatable bonds is 1. The smallest absolute Gasteiger partial charge is 0.266 e. The lowest BCUT2D eigenvalue weighted by atomic mass is 10.1. The molecule has 3 nitrogen and oxygen atoms in total. The van der Waals surface area contributed by atoms with Gasteiger partial charge in [0.1, 0.15) is 0 Å². The van der Waals surface area contributed by atoms with E-state index in [1.807, 2.05) is 6.92 Å². The minimum absolute atomic E-state index is 0.376. The first-order valence-corrected chi connectivity index (χ1v) is 4.33. The summed E-state index contributed by atoms with van der Waals surface area (Å²) in [5, 5.41) is 0. The minimum atomic E-state index is -0.573. The number of aryl methyl sites for hydroxylation is 1. The summed E-state index contributed by atoms with van der Waals surface area (Å²) in [7, 11) is 0. The number of nitrogens with zero attached hydrogens (tertiary/aromatic N) is 1. The Labute approximate surface area is 83.6 Å². The number of amides is 1. The van der Waals surface area contributed by atoms with Crippen LogP contribution >= 0.6 is 15.9 Å². The van der Waals surface area contributed by atoms with Crippen LogP contribution in [-0.4, -0.2) is 12.0 Å². The first kappa shape index (κ1) is 9.84. The lowest BCUT2D eigenvalue weighted by molar-refractivity contribution is 0.100. The zero-order valence-electron chi connectivity index (χ0n) is 6.87. The van der Waals surface area contributed by atoms with E-state index in [9.17, 15) is 9.59 Å². The van der Waals surface area contributed by atoms with E-state index in [1.54, 1.807) is 18.2 Å². The van der Waals surface area contributed by atoms with Crippen molar-refractivity contribution in [2.75, 3.05) is 0 Å². The van der Waals surface area contributed by atoms with Crippen LogP contribution in [0.2, 0.25) is 0 Å². The molecule has 0 radical (unpaired) electrons. The Morgan fingerprint density at radius 2 is 2.23 bits per heavy atom. The van der Waals surface area contributed by atoms with Gasteiger partial charge in [-0.1, -0.05) is 22.0 Å². The number of isocyanates is 1. The SMILES string of the molecule is Cc1ccc(C(=O)N=C=O)cc1Br. The van der Waals surface area contributed by atoms with Gasteiger partial charge in [-0.15, -0.1) is 4.99 Å². The maximum atomic E-state index is 11.1. The first-order valence-electron chi connectivity index (χ1n) is 3.53. The first-order chi connectivity index (χ1) is 6.15. The van der Waals surface area contributed by atoms with Gasteiger partial charge in [0, 0.05) is 10.0 Å². The molecular weight excluding hydrogens is 234 g/mol. The predicted molar refractivity (Wildman–Crippen MR) is 51.3 cm³/mol. The average Bonchev–Trinajstić information content (AvgIpc) is 2.10. The fraction of sp³-hybridized carbons (Fsp3) is 0.111. The van der Waals surface area contributed by atoms with Crippen LogP contribution in [0, 0.1) is 6.92 Å². The molecule has 0 aliphatic rings. The topological polar surface area (TPSA) is 46.5 Å². The summed E-state index contributed by atoms with van der Waals surface area (Å²) in [4.78, 5) is 23.9. The lowest BCUT2D eigenvalue weighted by Crippen LogP contribution is -1.94. The standard InChI is InChI=1S/C9H6BrNO2/c1-6-2-3-7(4-8(6)10)9(13)11-5-12/h2-4H,1H3. The van der Waals surface area contributed by atoms with Crippen molar-refractivity contribution in [1.29, 1.82) is 0 Å². The molecule has 0 saturated heterocycles. The molecule has 0 heterocycles. The van der Waals surface area contributed by atoms with E-state index in [0.717, 1.165) is 10.0 Å². The second-order valence-electron chi connectivity index (χ2n) is 2.47. The summed E-state index contributed by atoms with van der Waals surface area (Å²) < 4.78 is 0.819. The summed E-state index contributed by atoms with van der Waals surface area (Å²) >= 11 is 3.27. The molecule has 0 aliphatic carbocycles. The molecule has 0 aromatic heterocycles. The molecule has 1 rings (SSSR count). The molecule has 0 unspecified atom stereocenters. The van der Waals surface area contributed by atoms with Crippen molar-refractivity contribution in [2.24, 2.45) is 4.99 Å². The molecule has 0 atom stereocenters. The molecule has 13 heavy (non-hydrogen) atoms. The van der Waals surface area contributed by atoms with Crippen LogP contribution < -0.4 is 0 Å². The zero-order valence-corrected chi connectivity index (χ0v) is 8.46. The summed E-state index contributed by atoms with van der Waals surface area (Å²) in [6, 6.07) is 5.01. The van der Waals surface area contributed by atoms with Gasteiger partial charge in [0.05, 0.1) is 0 Å². The van der Waals surface area contributed by atoms with Crippen LogP contribution in [0.3, 0.4) is 0 Å². The van der Waals surface area contributed by atoms with E-state index in [-0.39, 0.29) is 0 Å². The quantitative estimate of drug-likeness (QED) is 0.558. The molecular formula is C9H6BrNO2. The van der Waals surface area contributed by atoms with Gasteiger partial charge in [-0.2, -0.15) is 0 Å². The van der Waals surface area contributed by atoms with Crippen molar-refractivity contribution in [1.82, 2.24) is 0 Å². The van der Waals surface area contributed by atoms with Crippen molar-refractivity contribution >= 4 is 27.9 Å². The second kappa shape index (κ2) is 4.12. The molecule has 1 aromatic rings. The van der Waals surface area contributed by atoms with E-state index in [0.29, 0.717) is 5.56 Å². The van der Waals surface area contributed by atoms with Crippen molar-refractivity contribution in [3.63, 3.8) is 0 Å². The third-order valence-corrected chi connectivity index (χ3v) is 2.42. The highest BCUT2D eigenvalue weighted by molar-refractivity contribution is 9.10. The van der Waals surface area contributed by atoms with Crippen molar-refractivity contribution in [3.05, 3.63) is 33.8 Å². The number of carbonyl (C=O) groups is 1. The Morgan fingerprint density at radius 1 is 1.54 bits per heavy atom. The molecule has 0 aliphatic heterocycles. The number of hydrogen-bond donors (Lipinski definition) is 0. The third kappa shape index (κ3) is 2.34. The molecule has 4 heteroatoms. The summed E-state index contributed by atoms with van der Waals surface area (Å²) in [5.74, 6) is -0.573. The van der Waals surface area contributed by atoms with Gasteiger partial charge in [0.25, 0.3) is 5.91 Å². The Hall–Kier alpha value is -1.25. The largest absolute Gasteiger partial charge is 0.287 e. The van der Waals surface area contributed by atoms with Crippen LogP contribution in [0.4, 0.5) is 0 Å². The number of aliphatic imine (C=N–C) groups is 1. The molecule has 1 amide bonds. The normalized spacial score (nSPS) is 9.08. The Morgan fingerprint density at radius 3 is 2.77 bits per heavy atom. The Balaban J connectivity index is 3.10. The zero-order chi connectivity index (χ0) is 9.84. The van der Waals surface area contributed by atoms with Crippen molar-refractivity contribution in [3.8, 4) is 0 Å². The maximum absolute atomic E-state index is 11.1. The average molecular weight is 240 g/mol. The van der Waals surface area contributed by atoms with Crippen LogP contribution in [-0.2, 0) is 4.79 Å². The highest BCUT2D eigenvalue weighted by Gasteiger charge is 2.04. The van der Waals surface area contributed by atoms with E-state index >= 15 is 0 Å². The minimum Gasteiger partial charge on any atom is -0.266 e. The van der Waals surface area contributed by atoms with Crippen LogP contribution in [0.15, 0.2) is 27.7 Å². The van der Waals surface area contributed by atoms with Crippen molar-refractivity contribution < 1.29 is 9.59 Å². The van der Waals surface area contributed by atoms with Gasteiger partial charge in [-0.05, 0) is 24.6 Å². The summed E-state index contributed by atoms with van der Waals surface area (Å²) in [5.41, 5.74) is 1.40. The Bertz CT molecular complexity index is 395. The van der Waals surface area contributed by atoms with Crippen LogP contribution in [0.1, 0.15) is 15.9 Å². The highest BCUT2D eigenvalue weighted by Crippen LogP contribution is 2.17. The van der Waals surface area contributed by atoms with E-state index in [1.165, 1.54) is 6.08 Å². The second-order valence-corrected chi connectivity index (χ2v) is 3.33. The van der Waals surface area contributed by atoms with Gasteiger partial charge in [0.15, 0.2) is 0 Å². The number of hydrogen-bond acceptors (Lipinski definition) is 2. The molecule has 0 bridgehead atoms. The summed E-state index contributed by atoms with van der Waals surface area (Å²) in [6.07, 6.45) is 1.21. The fourth-order valence-corrected chi connectivity index (χ4v) is 1.21. The molecule has 0 saturated carbocycles. The van der Waals surface area contributed by atoms with Gasteiger partial charge in [-0.3, -0.25) is 4.79 Å². The van der Waals surface area contributed by atoms with Crippen LogP contribution in [0.5, 0.6) is 0 Å². The third-order valence-electron chi connectivity index (χ3n) is 1.57. The van der Waals surface area contributed by atoms with Gasteiger partial charge in [-0.25, -0.2) is 4.79 Å². The van der Waals surface area contributed by atoms with Crippen molar-refractivity contribution in [2.45, 2.75) is 6.92 Å². The number of carbonyl (C=O) groups excluding carboxylic acids is 2. The van der Waals surface area contributed by atoms with Gasteiger partial charge >= 0.3 is 0 Å². The van der Waals surface area contributed by atoms with E-state index < -0.39 is 5.91 Å². The number of halogens is 1. The van der Waals surface area contributed by atoms with Gasteiger partial charge < -0.3 is 0 Å². The fourth-order valence-electron chi connectivity index (χ4n) is 0.832. The van der Waals surface area contributed by atoms with E-state index in [4.69, 9.17) is 0 Å². The lowest BCUT2D eigenvalue weighted by Gasteiger charge is -1.98. The molecule has 0 spiro atoms.